The number of aryl methyl sites for hydroxylation is 1. The molecule has 1 aliphatic heterocycles. The van der Waals surface area contributed by atoms with Crippen molar-refractivity contribution in [2.75, 3.05) is 11.9 Å². The van der Waals surface area contributed by atoms with Crippen molar-refractivity contribution in [3.63, 3.8) is 0 Å². The fraction of sp³-hybridized carbons (Fsp3) is 0.538. The molecule has 0 amide bonds. The molecule has 104 valence electrons. The number of piperidine rings is 1. The summed E-state index contributed by atoms with van der Waals surface area (Å²) < 4.78 is 0.738. The number of nitrogens with one attached hydrogen (secondary N) is 2. The predicted molar refractivity (Wildman–Crippen MR) is 79.6 cm³/mol. The van der Waals surface area contributed by atoms with Gasteiger partial charge in [0.15, 0.2) is 0 Å². The lowest BCUT2D eigenvalue weighted by atomic mass is 9.99. The van der Waals surface area contributed by atoms with Crippen molar-refractivity contribution in [1.29, 1.82) is 0 Å². The highest BCUT2D eigenvalue weighted by atomic mass is 79.9. The molecule has 0 radical (unpaired) electrons. The van der Waals surface area contributed by atoms with Gasteiger partial charge >= 0.3 is 0 Å². The molecule has 1 aliphatic rings. The van der Waals surface area contributed by atoms with Crippen molar-refractivity contribution in [3.8, 4) is 0 Å². The third kappa shape index (κ3) is 3.25. The average molecular weight is 328 g/mol. The smallest absolute Gasteiger partial charge is 0.273 e. The largest absolute Gasteiger partial charge is 0.380 e. The monoisotopic (exact) mass is 327 g/mol. The molecule has 6 heteroatoms. The zero-order valence-corrected chi connectivity index (χ0v) is 12.7. The Morgan fingerprint density at radius 1 is 1.53 bits per heavy atom. The zero-order chi connectivity index (χ0) is 14.0. The van der Waals surface area contributed by atoms with Crippen LogP contribution in [0.1, 0.15) is 25.3 Å². The van der Waals surface area contributed by atoms with Crippen LogP contribution >= 0.6 is 15.9 Å². The van der Waals surface area contributed by atoms with E-state index in [1.165, 1.54) is 0 Å². The summed E-state index contributed by atoms with van der Waals surface area (Å²) in [7, 11) is 0. The van der Waals surface area contributed by atoms with E-state index in [1.54, 1.807) is 13.0 Å². The second-order valence-electron chi connectivity index (χ2n) is 5.01. The Morgan fingerprint density at radius 3 is 2.89 bits per heavy atom. The highest BCUT2D eigenvalue weighted by Crippen LogP contribution is 2.31. The molecule has 1 heterocycles. The molecule has 2 unspecified atom stereocenters. The SMILES string of the molecule is Cc1cc(NC2CCCNC2C)c(Br)cc1[N+](=O)[O-]. The summed E-state index contributed by atoms with van der Waals surface area (Å²) in [6.45, 7) is 4.97. The Morgan fingerprint density at radius 2 is 2.26 bits per heavy atom. The van der Waals surface area contributed by atoms with Crippen LogP contribution in [-0.4, -0.2) is 23.6 Å². The van der Waals surface area contributed by atoms with Gasteiger partial charge in [-0.15, -0.1) is 0 Å². The minimum absolute atomic E-state index is 0.146. The van der Waals surface area contributed by atoms with E-state index in [2.05, 4.69) is 33.5 Å². The summed E-state index contributed by atoms with van der Waals surface area (Å²) in [5.41, 5.74) is 1.74. The first-order valence-corrected chi connectivity index (χ1v) is 7.23. The van der Waals surface area contributed by atoms with E-state index in [0.717, 1.165) is 29.5 Å². The number of hydrogen-bond donors (Lipinski definition) is 2. The van der Waals surface area contributed by atoms with Crippen molar-refractivity contribution < 1.29 is 4.92 Å². The average Bonchev–Trinajstić information content (AvgIpc) is 2.35. The van der Waals surface area contributed by atoms with Crippen molar-refractivity contribution >= 4 is 27.3 Å². The fourth-order valence-corrected chi connectivity index (χ4v) is 2.86. The number of nitro benzene ring substituents is 1. The molecule has 0 spiro atoms. The zero-order valence-electron chi connectivity index (χ0n) is 11.1. The predicted octanol–water partition coefficient (Wildman–Crippen LogP) is 3.22. The molecule has 2 rings (SSSR count). The third-order valence-corrected chi connectivity index (χ3v) is 4.24. The lowest BCUT2D eigenvalue weighted by Crippen LogP contribution is -2.46. The van der Waals surface area contributed by atoms with Crippen LogP contribution in [0.2, 0.25) is 0 Å². The number of hydrogen-bond acceptors (Lipinski definition) is 4. The number of benzene rings is 1. The molecule has 5 nitrogen and oxygen atoms in total. The normalized spacial score (nSPS) is 23.1. The van der Waals surface area contributed by atoms with Gasteiger partial charge in [-0.2, -0.15) is 0 Å². The summed E-state index contributed by atoms with van der Waals surface area (Å²) in [5, 5.41) is 17.8. The van der Waals surface area contributed by atoms with Crippen molar-refractivity contribution in [2.24, 2.45) is 0 Å². The lowest BCUT2D eigenvalue weighted by Gasteiger charge is -2.31. The van der Waals surface area contributed by atoms with Crippen LogP contribution in [-0.2, 0) is 0 Å². The van der Waals surface area contributed by atoms with Crippen LogP contribution in [0.25, 0.3) is 0 Å². The summed E-state index contributed by atoms with van der Waals surface area (Å²) >= 11 is 3.41. The summed E-state index contributed by atoms with van der Waals surface area (Å²) in [6.07, 6.45) is 2.25. The van der Waals surface area contributed by atoms with Gasteiger partial charge in [-0.05, 0) is 55.2 Å². The molecule has 1 fully saturated rings. The summed E-state index contributed by atoms with van der Waals surface area (Å²) in [5.74, 6) is 0. The summed E-state index contributed by atoms with van der Waals surface area (Å²) in [4.78, 5) is 10.5. The Kier molecular flexibility index (Phi) is 4.42. The molecular weight excluding hydrogens is 310 g/mol. The molecule has 0 aromatic heterocycles. The summed E-state index contributed by atoms with van der Waals surface area (Å²) in [6, 6.07) is 4.16. The first-order valence-electron chi connectivity index (χ1n) is 6.43. The van der Waals surface area contributed by atoms with Gasteiger partial charge in [-0.25, -0.2) is 0 Å². The maximum absolute atomic E-state index is 10.9. The molecule has 0 aliphatic carbocycles. The van der Waals surface area contributed by atoms with E-state index >= 15 is 0 Å². The van der Waals surface area contributed by atoms with Crippen LogP contribution in [0.4, 0.5) is 11.4 Å². The molecule has 2 atom stereocenters. The minimum atomic E-state index is -0.353. The van der Waals surface area contributed by atoms with Gasteiger partial charge in [0.05, 0.1) is 4.92 Å². The second kappa shape index (κ2) is 5.88. The van der Waals surface area contributed by atoms with Gasteiger partial charge in [0.25, 0.3) is 5.69 Å². The van der Waals surface area contributed by atoms with E-state index in [-0.39, 0.29) is 10.6 Å². The Hall–Kier alpha value is -1.14. The molecular formula is C13H18BrN3O2. The molecule has 1 aromatic carbocycles. The van der Waals surface area contributed by atoms with Crippen LogP contribution in [0, 0.1) is 17.0 Å². The fourth-order valence-electron chi connectivity index (χ4n) is 2.42. The highest BCUT2D eigenvalue weighted by Gasteiger charge is 2.22. The first kappa shape index (κ1) is 14.3. The molecule has 0 bridgehead atoms. The van der Waals surface area contributed by atoms with E-state index < -0.39 is 0 Å². The standard InChI is InChI=1S/C13H18BrN3O2/c1-8-6-12(10(14)7-13(8)17(18)19)16-11-4-3-5-15-9(11)2/h6-7,9,11,15-16H,3-5H2,1-2H3. The Labute approximate surface area is 121 Å². The van der Waals surface area contributed by atoms with Crippen molar-refractivity contribution in [3.05, 3.63) is 32.3 Å². The van der Waals surface area contributed by atoms with E-state index in [1.807, 2.05) is 6.07 Å². The van der Waals surface area contributed by atoms with E-state index in [0.29, 0.717) is 17.6 Å². The van der Waals surface area contributed by atoms with Crippen LogP contribution in [0.3, 0.4) is 0 Å². The minimum Gasteiger partial charge on any atom is -0.380 e. The van der Waals surface area contributed by atoms with Gasteiger partial charge in [0, 0.05) is 33.9 Å². The van der Waals surface area contributed by atoms with Crippen LogP contribution in [0.15, 0.2) is 16.6 Å². The van der Waals surface area contributed by atoms with Gasteiger partial charge in [0.2, 0.25) is 0 Å². The number of anilines is 1. The van der Waals surface area contributed by atoms with E-state index in [4.69, 9.17) is 0 Å². The topological polar surface area (TPSA) is 67.2 Å². The van der Waals surface area contributed by atoms with Gasteiger partial charge < -0.3 is 10.6 Å². The van der Waals surface area contributed by atoms with Gasteiger partial charge in [-0.1, -0.05) is 0 Å². The number of rotatable bonds is 3. The number of nitro groups is 1. The van der Waals surface area contributed by atoms with Crippen LogP contribution < -0.4 is 10.6 Å². The highest BCUT2D eigenvalue weighted by molar-refractivity contribution is 9.10. The van der Waals surface area contributed by atoms with Crippen LogP contribution in [0.5, 0.6) is 0 Å². The van der Waals surface area contributed by atoms with Gasteiger partial charge in [0.1, 0.15) is 0 Å². The Bertz CT molecular complexity index is 493. The molecule has 1 saturated heterocycles. The molecule has 0 saturated carbocycles. The van der Waals surface area contributed by atoms with E-state index in [9.17, 15) is 10.1 Å². The van der Waals surface area contributed by atoms with Crippen molar-refractivity contribution in [1.82, 2.24) is 5.32 Å². The maximum Gasteiger partial charge on any atom is 0.273 e. The molecule has 19 heavy (non-hydrogen) atoms. The second-order valence-corrected chi connectivity index (χ2v) is 5.87. The molecule has 2 N–H and O–H groups in total. The third-order valence-electron chi connectivity index (χ3n) is 3.58. The van der Waals surface area contributed by atoms with Crippen molar-refractivity contribution in [2.45, 2.75) is 38.8 Å². The first-order chi connectivity index (χ1) is 8.99. The quantitative estimate of drug-likeness (QED) is 0.660. The van der Waals surface area contributed by atoms with Gasteiger partial charge in [-0.3, -0.25) is 10.1 Å². The Balaban J connectivity index is 2.21. The number of nitrogens with zero attached hydrogens (tertiary/aromatic N) is 1. The lowest BCUT2D eigenvalue weighted by molar-refractivity contribution is -0.385. The number of halogens is 1. The molecule has 1 aromatic rings. The maximum atomic E-state index is 10.9.